The molecule has 0 heterocycles. The third-order valence-corrected chi connectivity index (χ3v) is 2.22. The molecule has 0 bridgehead atoms. The Morgan fingerprint density at radius 3 is 2.31 bits per heavy atom. The minimum absolute atomic E-state index is 0.0336. The fraction of sp³-hybridized carbons (Fsp3) is 0.182. The topological polar surface area (TPSA) is 91.7 Å². The molecule has 0 aliphatic heterocycles. The average Bonchev–Trinajstić information content (AvgIpc) is 2.26. The maximum Gasteiger partial charge on any atom is 0.335 e. The summed E-state index contributed by atoms with van der Waals surface area (Å²) in [6.07, 6.45) is 0.577. The van der Waals surface area contributed by atoms with Gasteiger partial charge in [-0.3, -0.25) is 0 Å². The summed E-state index contributed by atoms with van der Waals surface area (Å²) in [5, 5.41) is 17.6. The average molecular weight is 222 g/mol. The number of hydrogen-bond acceptors (Lipinski definition) is 3. The highest BCUT2D eigenvalue weighted by atomic mass is 16.4. The van der Waals surface area contributed by atoms with E-state index >= 15 is 0 Å². The predicted molar refractivity (Wildman–Crippen MR) is 54.8 cm³/mol. The van der Waals surface area contributed by atoms with Crippen LogP contribution in [0.25, 0.3) is 0 Å². The minimum Gasteiger partial charge on any atom is -0.478 e. The summed E-state index contributed by atoms with van der Waals surface area (Å²) in [6, 6.07) is 3.61. The predicted octanol–water partition coefficient (Wildman–Crippen LogP) is 1.39. The highest BCUT2D eigenvalue weighted by Crippen LogP contribution is 2.20. The molecule has 0 fully saturated rings. The Balaban J connectivity index is 3.37. The molecule has 0 radical (unpaired) electrons. The number of aldehydes is 1. The number of carboxylic acid groups (broad SMARTS) is 2. The molecule has 0 spiro atoms. The highest BCUT2D eigenvalue weighted by Gasteiger charge is 2.17. The number of carboxylic acids is 2. The van der Waals surface area contributed by atoms with E-state index in [1.165, 1.54) is 25.1 Å². The Bertz CT molecular complexity index is 450. The summed E-state index contributed by atoms with van der Waals surface area (Å²) >= 11 is 0. The van der Waals surface area contributed by atoms with Crippen molar-refractivity contribution < 1.29 is 24.6 Å². The molecule has 0 saturated carbocycles. The van der Waals surface area contributed by atoms with Gasteiger partial charge in [0.05, 0.1) is 11.1 Å². The van der Waals surface area contributed by atoms with Gasteiger partial charge in [-0.2, -0.15) is 0 Å². The standard InChI is InChI=1S/C11H10O5/c1-6(5-12)9-4-7(10(13)14)2-3-8(9)11(15)16/h2-6H,1H3,(H,13,14)(H,15,16). The van der Waals surface area contributed by atoms with Crippen molar-refractivity contribution in [3.05, 3.63) is 34.9 Å². The lowest BCUT2D eigenvalue weighted by Crippen LogP contribution is -2.08. The van der Waals surface area contributed by atoms with E-state index in [-0.39, 0.29) is 16.7 Å². The molecule has 1 rings (SSSR count). The zero-order valence-electron chi connectivity index (χ0n) is 8.51. The minimum atomic E-state index is -1.18. The molecule has 84 valence electrons. The second-order valence-electron chi connectivity index (χ2n) is 3.34. The second-order valence-corrected chi connectivity index (χ2v) is 3.34. The van der Waals surface area contributed by atoms with Crippen molar-refractivity contribution in [2.45, 2.75) is 12.8 Å². The zero-order chi connectivity index (χ0) is 12.3. The summed E-state index contributed by atoms with van der Waals surface area (Å²) in [5.74, 6) is -2.98. The van der Waals surface area contributed by atoms with Gasteiger partial charge in [0, 0.05) is 5.92 Å². The van der Waals surface area contributed by atoms with Crippen molar-refractivity contribution in [1.29, 1.82) is 0 Å². The van der Waals surface area contributed by atoms with Gasteiger partial charge in [-0.15, -0.1) is 0 Å². The number of carbonyl (C=O) groups is 3. The van der Waals surface area contributed by atoms with Gasteiger partial charge in [-0.05, 0) is 23.8 Å². The van der Waals surface area contributed by atoms with E-state index in [2.05, 4.69) is 0 Å². The van der Waals surface area contributed by atoms with Crippen LogP contribution in [0.1, 0.15) is 39.1 Å². The van der Waals surface area contributed by atoms with Crippen LogP contribution in [-0.2, 0) is 4.79 Å². The lowest BCUT2D eigenvalue weighted by molar-refractivity contribution is -0.108. The summed E-state index contributed by atoms with van der Waals surface area (Å²) in [4.78, 5) is 32.2. The Kier molecular flexibility index (Phi) is 3.40. The number of carbonyl (C=O) groups excluding carboxylic acids is 1. The van der Waals surface area contributed by atoms with Gasteiger partial charge in [0.15, 0.2) is 0 Å². The van der Waals surface area contributed by atoms with E-state index in [0.717, 1.165) is 0 Å². The van der Waals surface area contributed by atoms with Gasteiger partial charge in [0.2, 0.25) is 0 Å². The van der Waals surface area contributed by atoms with Crippen LogP contribution in [0.5, 0.6) is 0 Å². The van der Waals surface area contributed by atoms with Crippen molar-refractivity contribution in [3.63, 3.8) is 0 Å². The molecule has 1 aromatic rings. The summed E-state index contributed by atoms with van der Waals surface area (Å²) in [7, 11) is 0. The molecular weight excluding hydrogens is 212 g/mol. The Morgan fingerprint density at radius 2 is 1.88 bits per heavy atom. The van der Waals surface area contributed by atoms with E-state index in [4.69, 9.17) is 10.2 Å². The Labute approximate surface area is 91.3 Å². The van der Waals surface area contributed by atoms with E-state index in [9.17, 15) is 14.4 Å². The van der Waals surface area contributed by atoms with Gasteiger partial charge in [-0.1, -0.05) is 6.92 Å². The van der Waals surface area contributed by atoms with Crippen LogP contribution in [0.15, 0.2) is 18.2 Å². The van der Waals surface area contributed by atoms with Crippen LogP contribution in [0, 0.1) is 0 Å². The highest BCUT2D eigenvalue weighted by molar-refractivity contribution is 5.94. The largest absolute Gasteiger partial charge is 0.478 e. The lowest BCUT2D eigenvalue weighted by atomic mass is 9.94. The summed E-state index contributed by atoms with van der Waals surface area (Å²) in [5.41, 5.74) is 0.126. The molecule has 5 heteroatoms. The van der Waals surface area contributed by atoms with Crippen molar-refractivity contribution in [1.82, 2.24) is 0 Å². The quantitative estimate of drug-likeness (QED) is 0.751. The molecule has 0 aliphatic rings. The molecular formula is C11H10O5. The van der Waals surface area contributed by atoms with Gasteiger partial charge < -0.3 is 15.0 Å². The molecule has 1 unspecified atom stereocenters. The van der Waals surface area contributed by atoms with Crippen molar-refractivity contribution >= 4 is 18.2 Å². The number of hydrogen-bond donors (Lipinski definition) is 2. The first kappa shape index (κ1) is 11.9. The number of rotatable bonds is 4. The SMILES string of the molecule is CC(C=O)c1cc(C(=O)O)ccc1C(=O)O. The van der Waals surface area contributed by atoms with Crippen LogP contribution in [0.2, 0.25) is 0 Å². The Morgan fingerprint density at radius 1 is 1.25 bits per heavy atom. The van der Waals surface area contributed by atoms with Crippen LogP contribution < -0.4 is 0 Å². The lowest BCUT2D eigenvalue weighted by Gasteiger charge is -2.09. The molecule has 0 aliphatic carbocycles. The van der Waals surface area contributed by atoms with Crippen molar-refractivity contribution in [2.24, 2.45) is 0 Å². The van der Waals surface area contributed by atoms with Crippen LogP contribution in [-0.4, -0.2) is 28.4 Å². The van der Waals surface area contributed by atoms with Crippen LogP contribution in [0.3, 0.4) is 0 Å². The smallest absolute Gasteiger partial charge is 0.335 e. The first-order valence-electron chi connectivity index (χ1n) is 4.53. The molecule has 2 N–H and O–H groups in total. The van der Waals surface area contributed by atoms with Crippen LogP contribution >= 0.6 is 0 Å². The van der Waals surface area contributed by atoms with Crippen LogP contribution in [0.4, 0.5) is 0 Å². The first-order chi connectivity index (χ1) is 7.47. The van der Waals surface area contributed by atoms with Gasteiger partial charge in [-0.25, -0.2) is 9.59 Å². The third-order valence-electron chi connectivity index (χ3n) is 2.22. The number of benzene rings is 1. The molecule has 16 heavy (non-hydrogen) atoms. The molecule has 1 atom stereocenters. The Hall–Kier alpha value is -2.17. The first-order valence-corrected chi connectivity index (χ1v) is 4.53. The summed E-state index contributed by atoms with van der Waals surface area (Å²) in [6.45, 7) is 1.51. The van der Waals surface area contributed by atoms with E-state index in [1.54, 1.807) is 0 Å². The maximum atomic E-state index is 10.9. The molecule has 0 aromatic heterocycles. The molecule has 1 aromatic carbocycles. The zero-order valence-corrected chi connectivity index (χ0v) is 8.51. The fourth-order valence-electron chi connectivity index (χ4n) is 1.34. The normalized spacial score (nSPS) is 11.8. The number of aromatic carboxylic acids is 2. The van der Waals surface area contributed by atoms with Crippen molar-refractivity contribution in [3.8, 4) is 0 Å². The third kappa shape index (κ3) is 2.25. The van der Waals surface area contributed by atoms with Gasteiger partial charge in [0.25, 0.3) is 0 Å². The molecule has 0 amide bonds. The maximum absolute atomic E-state index is 10.9. The van der Waals surface area contributed by atoms with E-state index < -0.39 is 17.9 Å². The summed E-state index contributed by atoms with van der Waals surface area (Å²) < 4.78 is 0. The second kappa shape index (κ2) is 4.57. The van der Waals surface area contributed by atoms with Crippen molar-refractivity contribution in [2.75, 3.05) is 0 Å². The fourth-order valence-corrected chi connectivity index (χ4v) is 1.34. The van der Waals surface area contributed by atoms with E-state index in [0.29, 0.717) is 6.29 Å². The van der Waals surface area contributed by atoms with Gasteiger partial charge >= 0.3 is 11.9 Å². The van der Waals surface area contributed by atoms with E-state index in [1.807, 2.05) is 0 Å². The monoisotopic (exact) mass is 222 g/mol. The van der Waals surface area contributed by atoms with Gasteiger partial charge in [0.1, 0.15) is 6.29 Å². The molecule has 0 saturated heterocycles. The molecule has 5 nitrogen and oxygen atoms in total.